The number of ether oxygens (including phenoxy) is 2. The summed E-state index contributed by atoms with van der Waals surface area (Å²) in [5.41, 5.74) is 1.91. The summed E-state index contributed by atoms with van der Waals surface area (Å²) in [4.78, 5) is 16.7. The molecule has 0 spiro atoms. The van der Waals surface area contributed by atoms with Crippen molar-refractivity contribution in [3.8, 4) is 11.5 Å². The van der Waals surface area contributed by atoms with Gasteiger partial charge in [-0.3, -0.25) is 10.1 Å². The molecule has 1 N–H and O–H groups in total. The van der Waals surface area contributed by atoms with E-state index >= 15 is 0 Å². The molecule has 1 atom stereocenters. The molecule has 0 radical (unpaired) electrons. The van der Waals surface area contributed by atoms with Crippen LogP contribution in [0.3, 0.4) is 0 Å². The molecule has 0 aliphatic rings. The Hall–Kier alpha value is -2.60. The van der Waals surface area contributed by atoms with Gasteiger partial charge in [0.2, 0.25) is 0 Å². The molecule has 2 aromatic carbocycles. The van der Waals surface area contributed by atoms with E-state index in [0.29, 0.717) is 10.9 Å². The Labute approximate surface area is 144 Å². The van der Waals surface area contributed by atoms with Gasteiger partial charge in [-0.15, -0.1) is 0 Å². The molecule has 0 aliphatic heterocycles. The molecule has 6 heteroatoms. The fourth-order valence-electron chi connectivity index (χ4n) is 2.24. The van der Waals surface area contributed by atoms with Gasteiger partial charge in [0.25, 0.3) is 5.91 Å². The first-order valence-electron chi connectivity index (χ1n) is 7.54. The first kappa shape index (κ1) is 16.3. The Balaban J connectivity index is 1.69. The smallest absolute Gasteiger partial charge is 0.266 e. The highest BCUT2D eigenvalue weighted by Gasteiger charge is 2.17. The van der Waals surface area contributed by atoms with Crippen LogP contribution in [-0.4, -0.2) is 24.1 Å². The van der Waals surface area contributed by atoms with Gasteiger partial charge in [0, 0.05) is 0 Å². The number of aromatic nitrogens is 1. The van der Waals surface area contributed by atoms with Crippen LogP contribution in [0.2, 0.25) is 0 Å². The minimum Gasteiger partial charge on any atom is -0.497 e. The minimum atomic E-state index is -0.617. The fraction of sp³-hybridized carbons (Fsp3) is 0.222. The molecular weight excluding hydrogens is 324 g/mol. The normalized spacial score (nSPS) is 12.0. The van der Waals surface area contributed by atoms with Gasteiger partial charge in [-0.05, 0) is 49.7 Å². The predicted octanol–water partition coefficient (Wildman–Crippen LogP) is 4.02. The Morgan fingerprint density at radius 1 is 1.21 bits per heavy atom. The van der Waals surface area contributed by atoms with Crippen molar-refractivity contribution in [3.05, 3.63) is 48.0 Å². The average molecular weight is 342 g/mol. The van der Waals surface area contributed by atoms with Crippen molar-refractivity contribution < 1.29 is 14.3 Å². The van der Waals surface area contributed by atoms with Crippen LogP contribution in [0.4, 0.5) is 5.13 Å². The molecule has 0 bridgehead atoms. The maximum atomic E-state index is 12.3. The summed E-state index contributed by atoms with van der Waals surface area (Å²) in [6, 6.07) is 13.2. The lowest BCUT2D eigenvalue weighted by atomic mass is 10.2. The first-order valence-corrected chi connectivity index (χ1v) is 8.35. The lowest BCUT2D eigenvalue weighted by molar-refractivity contribution is -0.122. The van der Waals surface area contributed by atoms with Crippen LogP contribution >= 0.6 is 11.3 Å². The van der Waals surface area contributed by atoms with E-state index in [4.69, 9.17) is 9.47 Å². The van der Waals surface area contributed by atoms with Crippen LogP contribution in [0.15, 0.2) is 42.5 Å². The quantitative estimate of drug-likeness (QED) is 0.761. The van der Waals surface area contributed by atoms with Gasteiger partial charge in [0.1, 0.15) is 11.5 Å². The summed E-state index contributed by atoms with van der Waals surface area (Å²) < 4.78 is 11.8. The number of nitrogens with one attached hydrogen (secondary N) is 1. The lowest BCUT2D eigenvalue weighted by Crippen LogP contribution is -2.30. The number of fused-ring (bicyclic) bond motifs is 1. The van der Waals surface area contributed by atoms with Crippen LogP contribution in [-0.2, 0) is 4.79 Å². The van der Waals surface area contributed by atoms with E-state index in [1.54, 1.807) is 14.0 Å². The van der Waals surface area contributed by atoms with Gasteiger partial charge >= 0.3 is 0 Å². The molecule has 1 aromatic heterocycles. The third-order valence-corrected chi connectivity index (χ3v) is 4.43. The molecule has 1 amide bonds. The van der Waals surface area contributed by atoms with Crippen LogP contribution < -0.4 is 14.8 Å². The van der Waals surface area contributed by atoms with Crippen LogP contribution in [0.25, 0.3) is 10.2 Å². The molecule has 124 valence electrons. The summed E-state index contributed by atoms with van der Waals surface area (Å²) in [5, 5.41) is 3.35. The highest BCUT2D eigenvalue weighted by atomic mass is 32.1. The number of rotatable bonds is 5. The summed E-state index contributed by atoms with van der Waals surface area (Å²) in [7, 11) is 1.62. The van der Waals surface area contributed by atoms with E-state index < -0.39 is 6.10 Å². The second-order valence-electron chi connectivity index (χ2n) is 5.42. The Morgan fingerprint density at radius 2 is 2.04 bits per heavy atom. The van der Waals surface area contributed by atoms with Gasteiger partial charge in [-0.1, -0.05) is 23.5 Å². The molecule has 1 unspecified atom stereocenters. The molecular formula is C18H18N2O3S. The van der Waals surface area contributed by atoms with E-state index in [1.165, 1.54) is 11.3 Å². The average Bonchev–Trinajstić information content (AvgIpc) is 2.95. The number of methoxy groups -OCH3 is 1. The van der Waals surface area contributed by atoms with Gasteiger partial charge in [-0.25, -0.2) is 4.98 Å². The number of hydrogen-bond donors (Lipinski definition) is 1. The predicted molar refractivity (Wildman–Crippen MR) is 96.1 cm³/mol. The monoisotopic (exact) mass is 342 g/mol. The molecule has 1 heterocycles. The number of amides is 1. The third kappa shape index (κ3) is 3.65. The van der Waals surface area contributed by atoms with Crippen molar-refractivity contribution in [1.82, 2.24) is 4.98 Å². The zero-order valence-electron chi connectivity index (χ0n) is 13.7. The maximum absolute atomic E-state index is 12.3. The highest BCUT2D eigenvalue weighted by Crippen LogP contribution is 2.29. The molecule has 24 heavy (non-hydrogen) atoms. The number of anilines is 1. The van der Waals surface area contributed by atoms with Crippen LogP contribution in [0.5, 0.6) is 11.5 Å². The van der Waals surface area contributed by atoms with Crippen molar-refractivity contribution in [3.63, 3.8) is 0 Å². The van der Waals surface area contributed by atoms with Crippen LogP contribution in [0.1, 0.15) is 12.5 Å². The summed E-state index contributed by atoms with van der Waals surface area (Å²) in [6.07, 6.45) is -0.617. The number of carbonyl (C=O) groups is 1. The van der Waals surface area contributed by atoms with Crippen molar-refractivity contribution >= 4 is 32.6 Å². The molecule has 0 saturated heterocycles. The van der Waals surface area contributed by atoms with Gasteiger partial charge in [0.15, 0.2) is 11.2 Å². The molecule has 0 aliphatic carbocycles. The second-order valence-corrected chi connectivity index (χ2v) is 6.45. The Morgan fingerprint density at radius 3 is 2.79 bits per heavy atom. The molecule has 0 saturated carbocycles. The second kappa shape index (κ2) is 6.88. The standard InChI is InChI=1S/C18H18N2O3S/c1-11-5-4-6-14(9-11)23-12(2)17(21)20-18-19-15-8-7-13(22-3)10-16(15)24-18/h4-10,12H,1-3H3,(H,19,20,21). The largest absolute Gasteiger partial charge is 0.497 e. The molecule has 5 nitrogen and oxygen atoms in total. The topological polar surface area (TPSA) is 60.5 Å². The van der Waals surface area contributed by atoms with E-state index in [2.05, 4.69) is 10.3 Å². The zero-order chi connectivity index (χ0) is 17.1. The SMILES string of the molecule is COc1ccc2nc(NC(=O)C(C)Oc3cccc(C)c3)sc2c1. The van der Waals surface area contributed by atoms with Crippen molar-refractivity contribution in [1.29, 1.82) is 0 Å². The minimum absolute atomic E-state index is 0.234. The number of aryl methyl sites for hydroxylation is 1. The van der Waals surface area contributed by atoms with Crippen molar-refractivity contribution in [2.75, 3.05) is 12.4 Å². The van der Waals surface area contributed by atoms with Crippen LogP contribution in [0, 0.1) is 6.92 Å². The van der Waals surface area contributed by atoms with E-state index in [9.17, 15) is 4.79 Å². The summed E-state index contributed by atoms with van der Waals surface area (Å²) in [5.74, 6) is 1.20. The van der Waals surface area contributed by atoms with Gasteiger partial charge in [-0.2, -0.15) is 0 Å². The number of thiazole rings is 1. The van der Waals surface area contributed by atoms with E-state index in [1.807, 2.05) is 49.4 Å². The zero-order valence-corrected chi connectivity index (χ0v) is 14.5. The number of carbonyl (C=O) groups excluding carboxylic acids is 1. The maximum Gasteiger partial charge on any atom is 0.266 e. The Bertz CT molecular complexity index is 876. The first-order chi connectivity index (χ1) is 11.5. The lowest BCUT2D eigenvalue weighted by Gasteiger charge is -2.13. The number of hydrogen-bond acceptors (Lipinski definition) is 5. The molecule has 3 aromatic rings. The summed E-state index contributed by atoms with van der Waals surface area (Å²) >= 11 is 1.40. The van der Waals surface area contributed by atoms with E-state index in [0.717, 1.165) is 21.5 Å². The molecule has 3 rings (SSSR count). The molecule has 0 fully saturated rings. The van der Waals surface area contributed by atoms with E-state index in [-0.39, 0.29) is 5.91 Å². The Kier molecular flexibility index (Phi) is 4.66. The number of benzene rings is 2. The van der Waals surface area contributed by atoms with Gasteiger partial charge < -0.3 is 9.47 Å². The highest BCUT2D eigenvalue weighted by molar-refractivity contribution is 7.22. The van der Waals surface area contributed by atoms with Gasteiger partial charge in [0.05, 0.1) is 17.3 Å². The summed E-state index contributed by atoms with van der Waals surface area (Å²) in [6.45, 7) is 3.70. The fourth-order valence-corrected chi connectivity index (χ4v) is 3.14. The number of nitrogens with zero attached hydrogens (tertiary/aromatic N) is 1. The van der Waals surface area contributed by atoms with Crippen molar-refractivity contribution in [2.45, 2.75) is 20.0 Å². The third-order valence-electron chi connectivity index (χ3n) is 3.50. The van der Waals surface area contributed by atoms with Crippen molar-refractivity contribution in [2.24, 2.45) is 0 Å².